The third-order valence-electron chi connectivity index (χ3n) is 2.30. The van der Waals surface area contributed by atoms with E-state index in [9.17, 15) is 9.59 Å². The molecule has 6 heteroatoms. The first-order chi connectivity index (χ1) is 10.0. The van der Waals surface area contributed by atoms with Crippen molar-refractivity contribution in [3.8, 4) is 5.75 Å². The zero-order valence-electron chi connectivity index (χ0n) is 12.5. The second-order valence-electron chi connectivity index (χ2n) is 4.59. The van der Waals surface area contributed by atoms with Crippen molar-refractivity contribution in [3.63, 3.8) is 0 Å². The van der Waals surface area contributed by atoms with Crippen molar-refractivity contribution in [2.75, 3.05) is 13.2 Å². The summed E-state index contributed by atoms with van der Waals surface area (Å²) in [6.07, 6.45) is 1.63. The van der Waals surface area contributed by atoms with E-state index in [2.05, 4.69) is 10.5 Å². The van der Waals surface area contributed by atoms with Gasteiger partial charge in [0.25, 0.3) is 5.91 Å². The molecule has 1 aromatic rings. The number of esters is 1. The van der Waals surface area contributed by atoms with E-state index < -0.39 is 0 Å². The van der Waals surface area contributed by atoms with E-state index in [1.54, 1.807) is 37.4 Å². The number of carbonyl (C=O) groups excluding carboxylic acids is 2. The van der Waals surface area contributed by atoms with Crippen molar-refractivity contribution in [3.05, 3.63) is 29.8 Å². The fraction of sp³-hybridized carbons (Fsp3) is 0.400. The number of hydrogen-bond acceptors (Lipinski definition) is 5. The fourth-order valence-electron chi connectivity index (χ4n) is 1.34. The van der Waals surface area contributed by atoms with Crippen molar-refractivity contribution in [1.82, 2.24) is 5.43 Å². The second-order valence-corrected chi connectivity index (χ2v) is 4.59. The Kier molecular flexibility index (Phi) is 6.94. The normalized spacial score (nSPS) is 10.7. The quantitative estimate of drug-likeness (QED) is 0.474. The van der Waals surface area contributed by atoms with Gasteiger partial charge in [-0.3, -0.25) is 4.79 Å². The molecule has 0 saturated heterocycles. The number of carbonyl (C=O) groups is 2. The first-order valence-electron chi connectivity index (χ1n) is 6.75. The third kappa shape index (κ3) is 6.56. The molecule has 0 aliphatic heterocycles. The molecule has 1 aromatic carbocycles. The van der Waals surface area contributed by atoms with Crippen LogP contribution in [0.15, 0.2) is 29.4 Å². The molecule has 1 rings (SSSR count). The first kappa shape index (κ1) is 16.7. The molecule has 0 aliphatic rings. The first-order valence-corrected chi connectivity index (χ1v) is 6.75. The van der Waals surface area contributed by atoms with Crippen LogP contribution < -0.4 is 10.2 Å². The predicted octanol–water partition coefficient (Wildman–Crippen LogP) is 2.00. The molecule has 114 valence electrons. The van der Waals surface area contributed by atoms with E-state index in [0.29, 0.717) is 17.9 Å². The summed E-state index contributed by atoms with van der Waals surface area (Å²) in [5, 5.41) is 3.78. The number of nitrogens with one attached hydrogen (secondary N) is 1. The average molecular weight is 292 g/mol. The molecule has 1 N–H and O–H groups in total. The maximum atomic E-state index is 11.5. The molecule has 0 fully saturated rings. The molecule has 0 unspecified atom stereocenters. The average Bonchev–Trinajstić information content (AvgIpc) is 2.45. The van der Waals surface area contributed by atoms with Gasteiger partial charge in [-0.25, -0.2) is 10.2 Å². The Labute approximate surface area is 124 Å². The van der Waals surface area contributed by atoms with E-state index >= 15 is 0 Å². The van der Waals surface area contributed by atoms with Gasteiger partial charge in [-0.2, -0.15) is 5.10 Å². The molecule has 0 atom stereocenters. The lowest BCUT2D eigenvalue weighted by Crippen LogP contribution is -2.24. The Bertz CT molecular complexity index is 495. The highest BCUT2D eigenvalue weighted by Crippen LogP contribution is 2.12. The third-order valence-corrected chi connectivity index (χ3v) is 2.30. The minimum Gasteiger partial charge on any atom is -0.484 e. The van der Waals surface area contributed by atoms with Crippen LogP contribution >= 0.6 is 0 Å². The lowest BCUT2D eigenvalue weighted by atomic mass is 10.2. The number of rotatable bonds is 7. The predicted molar refractivity (Wildman–Crippen MR) is 79.4 cm³/mol. The van der Waals surface area contributed by atoms with E-state index in [4.69, 9.17) is 9.47 Å². The highest BCUT2D eigenvalue weighted by Gasteiger charge is 2.06. The molecule has 0 bridgehead atoms. The lowest BCUT2D eigenvalue weighted by molar-refractivity contribution is -0.123. The second kappa shape index (κ2) is 8.73. The summed E-state index contributed by atoms with van der Waals surface area (Å²) in [5.74, 6) is 0.0267. The van der Waals surface area contributed by atoms with E-state index in [0.717, 1.165) is 0 Å². The molecule has 1 amide bonds. The fourth-order valence-corrected chi connectivity index (χ4v) is 1.34. The molecule has 21 heavy (non-hydrogen) atoms. The highest BCUT2D eigenvalue weighted by atomic mass is 16.5. The molecule has 6 nitrogen and oxygen atoms in total. The standard InChI is InChI=1S/C15H20N2O4/c1-4-20-15(19)12-5-7-13(8-6-12)21-10-14(18)17-16-9-11(2)3/h5-9,11H,4,10H2,1-3H3,(H,17,18)/b16-9+. The largest absolute Gasteiger partial charge is 0.484 e. The molecule has 0 aliphatic carbocycles. The summed E-state index contributed by atoms with van der Waals surface area (Å²) in [6, 6.07) is 6.39. The van der Waals surface area contributed by atoms with Crippen LogP contribution in [0.1, 0.15) is 31.1 Å². The van der Waals surface area contributed by atoms with Crippen LogP contribution in [0.2, 0.25) is 0 Å². The van der Waals surface area contributed by atoms with Gasteiger partial charge in [0.05, 0.1) is 12.2 Å². The van der Waals surface area contributed by atoms with Crippen molar-refractivity contribution < 1.29 is 19.1 Å². The minimum atomic E-state index is -0.384. The topological polar surface area (TPSA) is 77.0 Å². The Hall–Kier alpha value is -2.37. The number of ether oxygens (including phenoxy) is 2. The van der Waals surface area contributed by atoms with Crippen LogP contribution in [0.5, 0.6) is 5.75 Å². The zero-order chi connectivity index (χ0) is 15.7. The smallest absolute Gasteiger partial charge is 0.338 e. The summed E-state index contributed by atoms with van der Waals surface area (Å²) in [5.41, 5.74) is 2.80. The summed E-state index contributed by atoms with van der Waals surface area (Å²) in [6.45, 7) is 5.84. The zero-order valence-corrected chi connectivity index (χ0v) is 12.5. The van der Waals surface area contributed by atoms with Gasteiger partial charge in [0, 0.05) is 6.21 Å². The van der Waals surface area contributed by atoms with Crippen LogP contribution in [0.3, 0.4) is 0 Å². The van der Waals surface area contributed by atoms with Gasteiger partial charge in [0.1, 0.15) is 5.75 Å². The number of hydrazone groups is 1. The Balaban J connectivity index is 2.42. The molecular weight excluding hydrogens is 272 g/mol. The molecule has 0 radical (unpaired) electrons. The Morgan fingerprint density at radius 2 is 1.95 bits per heavy atom. The molecule has 0 heterocycles. The summed E-state index contributed by atoms with van der Waals surface area (Å²) >= 11 is 0. The number of amides is 1. The van der Waals surface area contributed by atoms with E-state index in [1.165, 1.54) is 0 Å². The van der Waals surface area contributed by atoms with Gasteiger partial charge >= 0.3 is 5.97 Å². The van der Waals surface area contributed by atoms with Gasteiger partial charge in [-0.15, -0.1) is 0 Å². The van der Waals surface area contributed by atoms with Crippen LogP contribution in [0.25, 0.3) is 0 Å². The van der Waals surface area contributed by atoms with Crippen molar-refractivity contribution in [2.45, 2.75) is 20.8 Å². The van der Waals surface area contributed by atoms with Crippen LogP contribution in [-0.2, 0) is 9.53 Å². The van der Waals surface area contributed by atoms with Gasteiger partial charge in [-0.05, 0) is 37.1 Å². The summed E-state index contributed by atoms with van der Waals surface area (Å²) < 4.78 is 10.2. The summed E-state index contributed by atoms with van der Waals surface area (Å²) in [7, 11) is 0. The molecule has 0 saturated carbocycles. The van der Waals surface area contributed by atoms with Crippen molar-refractivity contribution >= 4 is 18.1 Å². The van der Waals surface area contributed by atoms with Gasteiger partial charge in [0.2, 0.25) is 0 Å². The number of hydrogen-bond donors (Lipinski definition) is 1. The van der Waals surface area contributed by atoms with Gasteiger partial charge in [-0.1, -0.05) is 13.8 Å². The van der Waals surface area contributed by atoms with Crippen LogP contribution in [-0.4, -0.2) is 31.3 Å². The van der Waals surface area contributed by atoms with Gasteiger partial charge in [0.15, 0.2) is 6.61 Å². The van der Waals surface area contributed by atoms with E-state index in [-0.39, 0.29) is 24.4 Å². The monoisotopic (exact) mass is 292 g/mol. The van der Waals surface area contributed by atoms with E-state index in [1.807, 2.05) is 13.8 Å². The van der Waals surface area contributed by atoms with Crippen molar-refractivity contribution in [2.24, 2.45) is 11.0 Å². The van der Waals surface area contributed by atoms with Crippen LogP contribution in [0, 0.1) is 5.92 Å². The lowest BCUT2D eigenvalue weighted by Gasteiger charge is -2.06. The molecular formula is C15H20N2O4. The van der Waals surface area contributed by atoms with Crippen molar-refractivity contribution in [1.29, 1.82) is 0 Å². The Morgan fingerprint density at radius 1 is 1.29 bits per heavy atom. The maximum Gasteiger partial charge on any atom is 0.338 e. The maximum absolute atomic E-state index is 11.5. The highest BCUT2D eigenvalue weighted by molar-refractivity contribution is 5.89. The number of benzene rings is 1. The Morgan fingerprint density at radius 3 is 2.52 bits per heavy atom. The summed E-state index contributed by atoms with van der Waals surface area (Å²) in [4.78, 5) is 22.9. The molecule has 0 aromatic heterocycles. The SMILES string of the molecule is CCOC(=O)c1ccc(OCC(=O)N/N=C/C(C)C)cc1. The number of nitrogens with zero attached hydrogens (tertiary/aromatic N) is 1. The minimum absolute atomic E-state index is 0.145. The van der Waals surface area contributed by atoms with Crippen LogP contribution in [0.4, 0.5) is 0 Å². The van der Waals surface area contributed by atoms with Gasteiger partial charge < -0.3 is 9.47 Å². The molecule has 0 spiro atoms.